The molecule has 0 aromatic carbocycles. The first kappa shape index (κ1) is 15.8. The summed E-state index contributed by atoms with van der Waals surface area (Å²) in [6.07, 6.45) is 4.58. The predicted octanol–water partition coefficient (Wildman–Crippen LogP) is 3.81. The molecule has 0 aliphatic carbocycles. The van der Waals surface area contributed by atoms with Gasteiger partial charge in [0.2, 0.25) is 0 Å². The van der Waals surface area contributed by atoms with Crippen molar-refractivity contribution in [3.8, 4) is 0 Å². The SMILES string of the molecule is CCCCN(CC)C(=O)c1c(CC)nc2ccc(Cl)cn12. The van der Waals surface area contributed by atoms with Gasteiger partial charge in [-0.2, -0.15) is 0 Å². The minimum atomic E-state index is 0.0394. The molecule has 2 heterocycles. The second-order valence-corrected chi connectivity index (χ2v) is 5.51. The second kappa shape index (κ2) is 6.94. The Morgan fingerprint density at radius 1 is 1.33 bits per heavy atom. The van der Waals surface area contributed by atoms with E-state index in [-0.39, 0.29) is 5.91 Å². The summed E-state index contributed by atoms with van der Waals surface area (Å²) < 4.78 is 1.82. The number of carbonyl (C=O) groups excluding carboxylic acids is 1. The first-order valence-corrected chi connectivity index (χ1v) is 7.95. The lowest BCUT2D eigenvalue weighted by atomic mass is 10.2. The number of halogens is 1. The van der Waals surface area contributed by atoms with Crippen LogP contribution in [0.3, 0.4) is 0 Å². The highest BCUT2D eigenvalue weighted by Crippen LogP contribution is 2.19. The fourth-order valence-corrected chi connectivity index (χ4v) is 2.60. The maximum absolute atomic E-state index is 12.9. The number of aryl methyl sites for hydroxylation is 1. The fourth-order valence-electron chi connectivity index (χ4n) is 2.44. The quantitative estimate of drug-likeness (QED) is 0.814. The molecule has 21 heavy (non-hydrogen) atoms. The standard InChI is InChI=1S/C16H22ClN3O/c1-4-7-10-19(6-3)16(21)15-13(5-2)18-14-9-8-12(17)11-20(14)15/h8-9,11H,4-7,10H2,1-3H3. The molecule has 0 unspecified atom stereocenters. The first-order valence-electron chi connectivity index (χ1n) is 7.58. The van der Waals surface area contributed by atoms with E-state index >= 15 is 0 Å². The average molecular weight is 308 g/mol. The van der Waals surface area contributed by atoms with Crippen molar-refractivity contribution in [2.45, 2.75) is 40.0 Å². The molecule has 1 amide bonds. The van der Waals surface area contributed by atoms with Crippen LogP contribution in [0.5, 0.6) is 0 Å². The summed E-state index contributed by atoms with van der Waals surface area (Å²) in [7, 11) is 0. The number of fused-ring (bicyclic) bond motifs is 1. The Morgan fingerprint density at radius 2 is 2.10 bits per heavy atom. The highest BCUT2D eigenvalue weighted by atomic mass is 35.5. The number of nitrogens with zero attached hydrogens (tertiary/aromatic N) is 3. The highest BCUT2D eigenvalue weighted by molar-refractivity contribution is 6.30. The number of unbranched alkanes of at least 4 members (excludes halogenated alkanes) is 1. The lowest BCUT2D eigenvalue weighted by Gasteiger charge is -2.21. The third-order valence-corrected chi connectivity index (χ3v) is 3.87. The Labute approximate surface area is 130 Å². The summed E-state index contributed by atoms with van der Waals surface area (Å²) in [6.45, 7) is 7.64. The van der Waals surface area contributed by atoms with Crippen LogP contribution in [0.15, 0.2) is 18.3 Å². The zero-order chi connectivity index (χ0) is 15.4. The molecule has 0 bridgehead atoms. The lowest BCUT2D eigenvalue weighted by molar-refractivity contribution is 0.0754. The molecule has 0 N–H and O–H groups in total. The van der Waals surface area contributed by atoms with Gasteiger partial charge in [-0.15, -0.1) is 0 Å². The molecule has 0 spiro atoms. The van der Waals surface area contributed by atoms with E-state index in [4.69, 9.17) is 11.6 Å². The highest BCUT2D eigenvalue weighted by Gasteiger charge is 2.22. The Morgan fingerprint density at radius 3 is 2.71 bits per heavy atom. The molecular weight excluding hydrogens is 286 g/mol. The Kier molecular flexibility index (Phi) is 5.23. The third kappa shape index (κ3) is 3.21. The molecule has 0 atom stereocenters. The van der Waals surface area contributed by atoms with Crippen molar-refractivity contribution in [3.05, 3.63) is 34.7 Å². The smallest absolute Gasteiger partial charge is 0.272 e. The minimum absolute atomic E-state index is 0.0394. The number of pyridine rings is 1. The largest absolute Gasteiger partial charge is 0.338 e. The van der Waals surface area contributed by atoms with Gasteiger partial charge in [0.05, 0.1) is 10.7 Å². The molecule has 114 valence electrons. The number of imidazole rings is 1. The van der Waals surface area contributed by atoms with Crippen molar-refractivity contribution in [1.82, 2.24) is 14.3 Å². The molecule has 0 aliphatic rings. The summed E-state index contributed by atoms with van der Waals surface area (Å²) in [4.78, 5) is 19.3. The first-order chi connectivity index (χ1) is 10.1. The van der Waals surface area contributed by atoms with Gasteiger partial charge in [0.1, 0.15) is 11.3 Å². The van der Waals surface area contributed by atoms with E-state index < -0.39 is 0 Å². The molecule has 5 heteroatoms. The summed E-state index contributed by atoms with van der Waals surface area (Å²) in [5.41, 5.74) is 2.25. The van der Waals surface area contributed by atoms with Gasteiger partial charge in [0.25, 0.3) is 5.91 Å². The number of carbonyl (C=O) groups is 1. The van der Waals surface area contributed by atoms with Crippen molar-refractivity contribution in [2.75, 3.05) is 13.1 Å². The van der Waals surface area contributed by atoms with Crippen LogP contribution in [0.2, 0.25) is 5.02 Å². The van der Waals surface area contributed by atoms with E-state index in [9.17, 15) is 4.79 Å². The number of hydrogen-bond donors (Lipinski definition) is 0. The molecule has 2 rings (SSSR count). The number of hydrogen-bond acceptors (Lipinski definition) is 2. The van der Waals surface area contributed by atoms with Crippen LogP contribution >= 0.6 is 11.6 Å². The second-order valence-electron chi connectivity index (χ2n) is 5.07. The lowest BCUT2D eigenvalue weighted by Crippen LogP contribution is -2.33. The van der Waals surface area contributed by atoms with Crippen LogP contribution in [0, 0.1) is 0 Å². The van der Waals surface area contributed by atoms with E-state index in [1.165, 1.54) is 0 Å². The maximum atomic E-state index is 12.9. The molecule has 2 aromatic heterocycles. The van der Waals surface area contributed by atoms with Gasteiger partial charge in [0.15, 0.2) is 0 Å². The van der Waals surface area contributed by atoms with Gasteiger partial charge < -0.3 is 4.90 Å². The van der Waals surface area contributed by atoms with Crippen molar-refractivity contribution >= 4 is 23.2 Å². The van der Waals surface area contributed by atoms with Gasteiger partial charge in [-0.05, 0) is 31.9 Å². The van der Waals surface area contributed by atoms with Crippen LogP contribution in [0.4, 0.5) is 0 Å². The van der Waals surface area contributed by atoms with E-state index in [1.54, 1.807) is 12.3 Å². The number of aromatic nitrogens is 2. The van der Waals surface area contributed by atoms with Gasteiger partial charge in [-0.3, -0.25) is 9.20 Å². The molecule has 0 saturated carbocycles. The Bertz CT molecular complexity index is 636. The molecule has 0 radical (unpaired) electrons. The van der Waals surface area contributed by atoms with Crippen LogP contribution in [-0.4, -0.2) is 33.3 Å². The van der Waals surface area contributed by atoms with Crippen molar-refractivity contribution < 1.29 is 4.79 Å². The van der Waals surface area contributed by atoms with Crippen molar-refractivity contribution in [1.29, 1.82) is 0 Å². The van der Waals surface area contributed by atoms with Crippen LogP contribution in [-0.2, 0) is 6.42 Å². The number of rotatable bonds is 6. The fraction of sp³-hybridized carbons (Fsp3) is 0.500. The Balaban J connectivity index is 2.47. The molecule has 0 aliphatic heterocycles. The van der Waals surface area contributed by atoms with E-state index in [0.29, 0.717) is 17.3 Å². The van der Waals surface area contributed by atoms with Crippen molar-refractivity contribution in [2.24, 2.45) is 0 Å². The van der Waals surface area contributed by atoms with Gasteiger partial charge >= 0.3 is 0 Å². The van der Waals surface area contributed by atoms with Crippen LogP contribution < -0.4 is 0 Å². The summed E-state index contributed by atoms with van der Waals surface area (Å²) >= 11 is 6.07. The van der Waals surface area contributed by atoms with Gasteiger partial charge in [-0.25, -0.2) is 4.98 Å². The van der Waals surface area contributed by atoms with E-state index in [1.807, 2.05) is 29.2 Å². The maximum Gasteiger partial charge on any atom is 0.272 e. The van der Waals surface area contributed by atoms with Gasteiger partial charge in [-0.1, -0.05) is 31.9 Å². The zero-order valence-corrected chi connectivity index (χ0v) is 13.7. The minimum Gasteiger partial charge on any atom is -0.338 e. The van der Waals surface area contributed by atoms with Crippen LogP contribution in [0.25, 0.3) is 5.65 Å². The summed E-state index contributed by atoms with van der Waals surface area (Å²) in [5.74, 6) is 0.0394. The monoisotopic (exact) mass is 307 g/mol. The number of amides is 1. The zero-order valence-electron chi connectivity index (χ0n) is 12.9. The van der Waals surface area contributed by atoms with Gasteiger partial charge in [0, 0.05) is 19.3 Å². The van der Waals surface area contributed by atoms with Crippen LogP contribution in [0.1, 0.15) is 49.8 Å². The predicted molar refractivity (Wildman–Crippen MR) is 86.1 cm³/mol. The molecule has 0 fully saturated rings. The molecule has 2 aromatic rings. The molecular formula is C16H22ClN3O. The molecule has 0 saturated heterocycles. The normalized spacial score (nSPS) is 11.0. The summed E-state index contributed by atoms with van der Waals surface area (Å²) in [5, 5.41) is 0.605. The third-order valence-electron chi connectivity index (χ3n) is 3.64. The Hall–Kier alpha value is -1.55. The topological polar surface area (TPSA) is 37.6 Å². The van der Waals surface area contributed by atoms with E-state index in [2.05, 4.69) is 11.9 Å². The molecule has 4 nitrogen and oxygen atoms in total. The average Bonchev–Trinajstić information content (AvgIpc) is 2.85. The van der Waals surface area contributed by atoms with Crippen molar-refractivity contribution in [3.63, 3.8) is 0 Å². The van der Waals surface area contributed by atoms with E-state index in [0.717, 1.165) is 37.1 Å². The summed E-state index contributed by atoms with van der Waals surface area (Å²) in [6, 6.07) is 3.65.